The lowest BCUT2D eigenvalue weighted by Gasteiger charge is -2.31. The van der Waals surface area contributed by atoms with E-state index in [1.807, 2.05) is 20.8 Å². The lowest BCUT2D eigenvalue weighted by molar-refractivity contribution is 0.0140. The van der Waals surface area contributed by atoms with Crippen molar-refractivity contribution in [1.82, 2.24) is 5.32 Å². The second-order valence-electron chi connectivity index (χ2n) is 6.34. The molecule has 0 aromatic heterocycles. The molecule has 4 heteroatoms. The summed E-state index contributed by atoms with van der Waals surface area (Å²) in [6, 6.07) is 8.48. The van der Waals surface area contributed by atoms with Crippen LogP contribution in [0.1, 0.15) is 26.3 Å². The largest absolute Gasteiger partial charge is 0.389 e. The van der Waals surface area contributed by atoms with Crippen LogP contribution in [0.3, 0.4) is 0 Å². The van der Waals surface area contributed by atoms with Crippen LogP contribution in [0.2, 0.25) is 0 Å². The Balaban J connectivity index is 1.97. The van der Waals surface area contributed by atoms with Crippen molar-refractivity contribution in [3.05, 3.63) is 29.8 Å². The zero-order valence-electron chi connectivity index (χ0n) is 13.4. The summed E-state index contributed by atoms with van der Waals surface area (Å²) in [5.41, 5.74) is 1.88. The first-order valence-corrected chi connectivity index (χ1v) is 7.84. The van der Waals surface area contributed by atoms with Gasteiger partial charge in [-0.2, -0.15) is 0 Å². The average Bonchev–Trinajstić information content (AvgIpc) is 2.48. The smallest absolute Gasteiger partial charge is 0.0766 e. The van der Waals surface area contributed by atoms with Gasteiger partial charge in [0.25, 0.3) is 0 Å². The van der Waals surface area contributed by atoms with Crippen LogP contribution in [0.4, 0.5) is 5.69 Å². The highest BCUT2D eigenvalue weighted by molar-refractivity contribution is 5.53. The monoisotopic (exact) mass is 292 g/mol. The Morgan fingerprint density at radius 3 is 2.62 bits per heavy atom. The molecule has 1 unspecified atom stereocenters. The summed E-state index contributed by atoms with van der Waals surface area (Å²) < 4.78 is 5.42. The second kappa shape index (κ2) is 7.25. The van der Waals surface area contributed by atoms with Crippen molar-refractivity contribution in [3.8, 4) is 0 Å². The molecule has 1 aromatic rings. The number of benzene rings is 1. The quantitative estimate of drug-likeness (QED) is 0.842. The zero-order chi connectivity index (χ0) is 15.3. The first-order chi connectivity index (χ1) is 10.0. The molecule has 1 heterocycles. The van der Waals surface area contributed by atoms with Crippen molar-refractivity contribution in [2.45, 2.75) is 32.9 Å². The minimum atomic E-state index is -0.673. The van der Waals surface area contributed by atoms with Gasteiger partial charge in [-0.25, -0.2) is 0 Å². The lowest BCUT2D eigenvalue weighted by atomic mass is 9.92. The molecule has 1 saturated heterocycles. The molecule has 1 aliphatic rings. The number of rotatable bonds is 6. The standard InChI is InChI=1S/C17H28N2O2/c1-14(2)17(3,20)13-18-12-15-6-4-5-7-16(15)19-8-10-21-11-9-19/h4-7,14,18,20H,8-13H2,1-3H3. The molecule has 0 amide bonds. The summed E-state index contributed by atoms with van der Waals surface area (Å²) in [6.07, 6.45) is 0. The van der Waals surface area contributed by atoms with Gasteiger partial charge in [0.05, 0.1) is 18.8 Å². The predicted octanol–water partition coefficient (Wildman–Crippen LogP) is 2.02. The molecule has 0 radical (unpaired) electrons. The van der Waals surface area contributed by atoms with Crippen LogP contribution in [-0.2, 0) is 11.3 Å². The summed E-state index contributed by atoms with van der Waals surface area (Å²) in [4.78, 5) is 2.38. The van der Waals surface area contributed by atoms with Crippen molar-refractivity contribution in [2.75, 3.05) is 37.7 Å². The van der Waals surface area contributed by atoms with Crippen LogP contribution in [-0.4, -0.2) is 43.6 Å². The molecule has 0 spiro atoms. The molecule has 4 nitrogen and oxygen atoms in total. The van der Waals surface area contributed by atoms with Gasteiger partial charge in [-0.05, 0) is 24.5 Å². The number of nitrogens with one attached hydrogen (secondary N) is 1. The predicted molar refractivity (Wildman–Crippen MR) is 86.6 cm³/mol. The van der Waals surface area contributed by atoms with Crippen molar-refractivity contribution < 1.29 is 9.84 Å². The molecule has 0 aliphatic carbocycles. The number of para-hydroxylation sites is 1. The normalized spacial score (nSPS) is 18.8. The van der Waals surface area contributed by atoms with Crippen LogP contribution < -0.4 is 10.2 Å². The third-order valence-electron chi connectivity index (χ3n) is 4.39. The van der Waals surface area contributed by atoms with Gasteiger partial charge in [-0.15, -0.1) is 0 Å². The number of nitrogens with zero attached hydrogens (tertiary/aromatic N) is 1. The van der Waals surface area contributed by atoms with Gasteiger partial charge >= 0.3 is 0 Å². The molecule has 2 rings (SSSR count). The molecule has 0 saturated carbocycles. The van der Waals surface area contributed by atoms with Gasteiger partial charge in [-0.3, -0.25) is 0 Å². The number of hydrogen-bond donors (Lipinski definition) is 2. The Bertz CT molecular complexity index is 440. The summed E-state index contributed by atoms with van der Waals surface area (Å²) in [7, 11) is 0. The minimum absolute atomic E-state index is 0.236. The van der Waals surface area contributed by atoms with Gasteiger partial charge < -0.3 is 20.1 Å². The van der Waals surface area contributed by atoms with E-state index >= 15 is 0 Å². The van der Waals surface area contributed by atoms with E-state index < -0.39 is 5.60 Å². The first kappa shape index (κ1) is 16.3. The molecule has 1 atom stereocenters. The molecule has 21 heavy (non-hydrogen) atoms. The summed E-state index contributed by atoms with van der Waals surface area (Å²) in [6.45, 7) is 10.8. The molecule has 1 aliphatic heterocycles. The number of hydrogen-bond acceptors (Lipinski definition) is 4. The number of ether oxygens (including phenoxy) is 1. The Morgan fingerprint density at radius 2 is 1.95 bits per heavy atom. The van der Waals surface area contributed by atoms with E-state index in [0.29, 0.717) is 6.54 Å². The average molecular weight is 292 g/mol. The van der Waals surface area contributed by atoms with E-state index in [2.05, 4.69) is 34.5 Å². The van der Waals surface area contributed by atoms with Gasteiger partial charge in [-0.1, -0.05) is 32.0 Å². The third-order valence-corrected chi connectivity index (χ3v) is 4.39. The lowest BCUT2D eigenvalue weighted by Crippen LogP contribution is -2.42. The van der Waals surface area contributed by atoms with E-state index in [9.17, 15) is 5.11 Å². The molecular formula is C17H28N2O2. The van der Waals surface area contributed by atoms with Crippen LogP contribution in [0.5, 0.6) is 0 Å². The van der Waals surface area contributed by atoms with E-state index in [4.69, 9.17) is 4.74 Å². The van der Waals surface area contributed by atoms with Crippen molar-refractivity contribution in [1.29, 1.82) is 0 Å². The summed E-state index contributed by atoms with van der Waals surface area (Å²) in [5, 5.41) is 13.7. The van der Waals surface area contributed by atoms with Crippen molar-refractivity contribution in [3.63, 3.8) is 0 Å². The molecular weight excluding hydrogens is 264 g/mol. The fourth-order valence-corrected chi connectivity index (χ4v) is 2.43. The highest BCUT2D eigenvalue weighted by Crippen LogP contribution is 2.22. The molecule has 0 bridgehead atoms. The third kappa shape index (κ3) is 4.43. The van der Waals surface area contributed by atoms with Gasteiger partial charge in [0.15, 0.2) is 0 Å². The molecule has 1 fully saturated rings. The Labute approximate surface area is 128 Å². The van der Waals surface area contributed by atoms with Gasteiger partial charge in [0, 0.05) is 31.9 Å². The van der Waals surface area contributed by atoms with Crippen LogP contribution in [0, 0.1) is 5.92 Å². The Hall–Kier alpha value is -1.10. The van der Waals surface area contributed by atoms with Crippen LogP contribution in [0.15, 0.2) is 24.3 Å². The van der Waals surface area contributed by atoms with Gasteiger partial charge in [0.2, 0.25) is 0 Å². The maximum Gasteiger partial charge on any atom is 0.0766 e. The van der Waals surface area contributed by atoms with E-state index in [-0.39, 0.29) is 5.92 Å². The number of anilines is 1. The maximum atomic E-state index is 10.3. The fraction of sp³-hybridized carbons (Fsp3) is 0.647. The van der Waals surface area contributed by atoms with Crippen molar-refractivity contribution >= 4 is 5.69 Å². The Morgan fingerprint density at radius 1 is 1.29 bits per heavy atom. The summed E-state index contributed by atoms with van der Waals surface area (Å²) in [5.74, 6) is 0.236. The molecule has 1 aromatic carbocycles. The summed E-state index contributed by atoms with van der Waals surface area (Å²) >= 11 is 0. The maximum absolute atomic E-state index is 10.3. The fourth-order valence-electron chi connectivity index (χ4n) is 2.43. The highest BCUT2D eigenvalue weighted by atomic mass is 16.5. The van der Waals surface area contributed by atoms with Gasteiger partial charge in [0.1, 0.15) is 0 Å². The number of aliphatic hydroxyl groups is 1. The molecule has 118 valence electrons. The zero-order valence-corrected chi connectivity index (χ0v) is 13.4. The van der Waals surface area contributed by atoms with E-state index in [1.165, 1.54) is 11.3 Å². The topological polar surface area (TPSA) is 44.7 Å². The highest BCUT2D eigenvalue weighted by Gasteiger charge is 2.24. The Kier molecular flexibility index (Phi) is 5.62. The molecule has 2 N–H and O–H groups in total. The minimum Gasteiger partial charge on any atom is -0.389 e. The second-order valence-corrected chi connectivity index (χ2v) is 6.34. The van der Waals surface area contributed by atoms with E-state index in [1.54, 1.807) is 0 Å². The van der Waals surface area contributed by atoms with Crippen molar-refractivity contribution in [2.24, 2.45) is 5.92 Å². The van der Waals surface area contributed by atoms with E-state index in [0.717, 1.165) is 32.8 Å². The SMILES string of the molecule is CC(C)C(C)(O)CNCc1ccccc1N1CCOCC1. The first-order valence-electron chi connectivity index (χ1n) is 7.84. The van der Waals surface area contributed by atoms with Crippen LogP contribution >= 0.6 is 0 Å². The van der Waals surface area contributed by atoms with Crippen LogP contribution in [0.25, 0.3) is 0 Å². The number of morpholine rings is 1.